The number of nitrogen functional groups attached to an aromatic ring is 1. The molecule has 1 amide bonds. The maximum absolute atomic E-state index is 13.6. The number of nitrogens with two attached hydrogens (primary N) is 1. The van der Waals surface area contributed by atoms with E-state index in [2.05, 4.69) is 5.32 Å². The maximum Gasteiger partial charge on any atom is 0.241 e. The van der Waals surface area contributed by atoms with Crippen molar-refractivity contribution >= 4 is 17.3 Å². The lowest BCUT2D eigenvalue weighted by Crippen LogP contribution is -2.55. The number of aliphatic hydroxyl groups is 1. The summed E-state index contributed by atoms with van der Waals surface area (Å²) >= 11 is 0. The molecule has 0 bridgehead atoms. The highest BCUT2D eigenvalue weighted by Crippen LogP contribution is 2.19. The third-order valence-electron chi connectivity index (χ3n) is 3.61. The van der Waals surface area contributed by atoms with E-state index in [1.54, 1.807) is 6.92 Å². The van der Waals surface area contributed by atoms with E-state index in [1.807, 2.05) is 4.90 Å². The van der Waals surface area contributed by atoms with Crippen molar-refractivity contribution in [1.82, 2.24) is 4.90 Å². The van der Waals surface area contributed by atoms with Crippen molar-refractivity contribution in [3.8, 4) is 0 Å². The van der Waals surface area contributed by atoms with E-state index in [1.165, 1.54) is 18.2 Å². The van der Waals surface area contributed by atoms with E-state index in [9.17, 15) is 14.3 Å². The van der Waals surface area contributed by atoms with E-state index >= 15 is 0 Å². The van der Waals surface area contributed by atoms with Crippen LogP contribution in [0.25, 0.3) is 0 Å². The third kappa shape index (κ3) is 3.69. The maximum atomic E-state index is 13.6. The monoisotopic (exact) mass is 297 g/mol. The number of benzene rings is 1. The van der Waals surface area contributed by atoms with Crippen LogP contribution in [-0.2, 0) is 9.53 Å². The summed E-state index contributed by atoms with van der Waals surface area (Å²) in [4.78, 5) is 14.1. The van der Waals surface area contributed by atoms with Crippen LogP contribution in [0.3, 0.4) is 0 Å². The van der Waals surface area contributed by atoms with Crippen molar-refractivity contribution < 1.29 is 19.0 Å². The van der Waals surface area contributed by atoms with Crippen LogP contribution in [0.15, 0.2) is 18.2 Å². The first kappa shape index (κ1) is 15.7. The van der Waals surface area contributed by atoms with Gasteiger partial charge in [-0.05, 0) is 25.1 Å². The Morgan fingerprint density at radius 2 is 2.43 bits per heavy atom. The van der Waals surface area contributed by atoms with Crippen molar-refractivity contribution in [2.45, 2.75) is 19.0 Å². The minimum absolute atomic E-state index is 0.0562. The SMILES string of the molecule is CC(C(=O)Nc1cc(N)ccc1F)N1CCOCC1CO. The van der Waals surface area contributed by atoms with Crippen molar-refractivity contribution in [3.05, 3.63) is 24.0 Å². The van der Waals surface area contributed by atoms with Gasteiger partial charge >= 0.3 is 0 Å². The lowest BCUT2D eigenvalue weighted by molar-refractivity contribution is -0.125. The van der Waals surface area contributed by atoms with Crippen LogP contribution in [0, 0.1) is 5.82 Å². The normalized spacial score (nSPS) is 21.0. The molecule has 0 radical (unpaired) electrons. The van der Waals surface area contributed by atoms with Crippen molar-refractivity contribution in [2.24, 2.45) is 0 Å². The van der Waals surface area contributed by atoms with E-state index < -0.39 is 11.9 Å². The third-order valence-corrected chi connectivity index (χ3v) is 3.61. The zero-order valence-corrected chi connectivity index (χ0v) is 11.9. The highest BCUT2D eigenvalue weighted by atomic mass is 19.1. The molecule has 1 heterocycles. The zero-order valence-electron chi connectivity index (χ0n) is 11.9. The molecule has 2 rings (SSSR count). The summed E-state index contributed by atoms with van der Waals surface area (Å²) in [6, 6.07) is 3.28. The molecule has 1 aliphatic rings. The van der Waals surface area contributed by atoms with Crippen molar-refractivity contribution in [2.75, 3.05) is 37.4 Å². The second-order valence-electron chi connectivity index (χ2n) is 5.05. The lowest BCUT2D eigenvalue weighted by Gasteiger charge is -2.37. The Morgan fingerprint density at radius 3 is 3.14 bits per heavy atom. The molecule has 0 aromatic heterocycles. The van der Waals surface area contributed by atoms with Crippen LogP contribution in [0.4, 0.5) is 15.8 Å². The summed E-state index contributed by atoms with van der Waals surface area (Å²) in [7, 11) is 0. The fourth-order valence-corrected chi connectivity index (χ4v) is 2.36. The topological polar surface area (TPSA) is 87.8 Å². The van der Waals surface area contributed by atoms with Gasteiger partial charge in [0.15, 0.2) is 0 Å². The number of halogens is 1. The van der Waals surface area contributed by atoms with Gasteiger partial charge in [0.05, 0.1) is 37.6 Å². The molecule has 6 nitrogen and oxygen atoms in total. The zero-order chi connectivity index (χ0) is 15.4. The van der Waals surface area contributed by atoms with Gasteiger partial charge in [-0.1, -0.05) is 0 Å². The van der Waals surface area contributed by atoms with Crippen LogP contribution < -0.4 is 11.1 Å². The molecule has 1 aromatic carbocycles. The van der Waals surface area contributed by atoms with Crippen molar-refractivity contribution in [3.63, 3.8) is 0 Å². The summed E-state index contributed by atoms with van der Waals surface area (Å²) in [6.07, 6.45) is 0. The van der Waals surface area contributed by atoms with Gasteiger partial charge in [-0.15, -0.1) is 0 Å². The molecule has 1 aliphatic heterocycles. The Kier molecular flexibility index (Phi) is 5.11. The average Bonchev–Trinajstić information content (AvgIpc) is 2.50. The van der Waals surface area contributed by atoms with Crippen LogP contribution in [0.1, 0.15) is 6.92 Å². The Hall–Kier alpha value is -1.70. The Labute approximate surface area is 122 Å². The number of hydrogen-bond donors (Lipinski definition) is 3. The average molecular weight is 297 g/mol. The van der Waals surface area contributed by atoms with E-state index in [4.69, 9.17) is 10.5 Å². The minimum atomic E-state index is -0.537. The highest BCUT2D eigenvalue weighted by molar-refractivity contribution is 5.95. The Balaban J connectivity index is 2.06. The number of morpholine rings is 1. The molecule has 1 aromatic rings. The number of hydrogen-bond acceptors (Lipinski definition) is 5. The molecule has 0 spiro atoms. The van der Waals surface area contributed by atoms with Gasteiger partial charge in [0, 0.05) is 12.2 Å². The standard InChI is InChI=1S/C14H20FN3O3/c1-9(18-4-5-21-8-11(18)7-19)14(20)17-13-6-10(16)2-3-12(13)15/h2-3,6,9,11,19H,4-5,7-8,16H2,1H3,(H,17,20). The summed E-state index contributed by atoms with van der Waals surface area (Å²) < 4.78 is 18.9. The number of anilines is 2. The Morgan fingerprint density at radius 1 is 1.67 bits per heavy atom. The van der Waals surface area contributed by atoms with Crippen molar-refractivity contribution in [1.29, 1.82) is 0 Å². The summed E-state index contributed by atoms with van der Waals surface area (Å²) in [5, 5.41) is 11.9. The highest BCUT2D eigenvalue weighted by Gasteiger charge is 2.30. The van der Waals surface area contributed by atoms with Gasteiger partial charge in [0.1, 0.15) is 5.82 Å². The first-order valence-corrected chi connectivity index (χ1v) is 6.83. The molecule has 0 aliphatic carbocycles. The number of carbonyl (C=O) groups excluding carboxylic acids is 1. The van der Waals surface area contributed by atoms with Crippen LogP contribution in [-0.4, -0.2) is 54.4 Å². The number of nitrogens with one attached hydrogen (secondary N) is 1. The van der Waals surface area contributed by atoms with E-state index in [-0.39, 0.29) is 24.2 Å². The number of aliphatic hydroxyl groups excluding tert-OH is 1. The Bertz CT molecular complexity index is 512. The minimum Gasteiger partial charge on any atom is -0.399 e. The van der Waals surface area contributed by atoms with Crippen LogP contribution in [0.2, 0.25) is 0 Å². The van der Waals surface area contributed by atoms with Crippen LogP contribution >= 0.6 is 0 Å². The largest absolute Gasteiger partial charge is 0.399 e. The number of carbonyl (C=O) groups is 1. The molecule has 116 valence electrons. The summed E-state index contributed by atoms with van der Waals surface area (Å²) in [6.45, 7) is 3.04. The molecule has 7 heteroatoms. The predicted octanol–water partition coefficient (Wildman–Crippen LogP) is 0.428. The quantitative estimate of drug-likeness (QED) is 0.701. The number of nitrogens with zero attached hydrogens (tertiary/aromatic N) is 1. The van der Waals surface area contributed by atoms with Gasteiger partial charge in [-0.3, -0.25) is 9.69 Å². The fourth-order valence-electron chi connectivity index (χ4n) is 2.36. The fraction of sp³-hybridized carbons (Fsp3) is 0.500. The molecule has 2 unspecified atom stereocenters. The molecule has 21 heavy (non-hydrogen) atoms. The molecule has 1 fully saturated rings. The first-order chi connectivity index (χ1) is 10.0. The first-order valence-electron chi connectivity index (χ1n) is 6.83. The lowest BCUT2D eigenvalue weighted by atomic mass is 10.1. The van der Waals surface area contributed by atoms with Gasteiger partial charge < -0.3 is 20.9 Å². The second-order valence-corrected chi connectivity index (χ2v) is 5.05. The molecule has 1 saturated heterocycles. The number of ether oxygens (including phenoxy) is 1. The molecule has 4 N–H and O–H groups in total. The van der Waals surface area contributed by atoms with E-state index in [0.29, 0.717) is 25.4 Å². The van der Waals surface area contributed by atoms with E-state index in [0.717, 1.165) is 0 Å². The summed E-state index contributed by atoms with van der Waals surface area (Å²) in [5.41, 5.74) is 6.02. The number of rotatable bonds is 4. The van der Waals surface area contributed by atoms with Gasteiger partial charge in [-0.2, -0.15) is 0 Å². The molecular weight excluding hydrogens is 277 g/mol. The smallest absolute Gasteiger partial charge is 0.241 e. The van der Waals surface area contributed by atoms with Gasteiger partial charge in [0.25, 0.3) is 0 Å². The molecule has 2 atom stereocenters. The van der Waals surface area contributed by atoms with Crippen LogP contribution in [0.5, 0.6) is 0 Å². The molecular formula is C14H20FN3O3. The summed E-state index contributed by atoms with van der Waals surface area (Å²) in [5.74, 6) is -0.884. The van der Waals surface area contributed by atoms with Gasteiger partial charge in [-0.25, -0.2) is 4.39 Å². The van der Waals surface area contributed by atoms with Gasteiger partial charge in [0.2, 0.25) is 5.91 Å². The predicted molar refractivity (Wildman–Crippen MR) is 77.3 cm³/mol. The molecule has 0 saturated carbocycles. The number of amides is 1. The second kappa shape index (κ2) is 6.84.